The van der Waals surface area contributed by atoms with Crippen molar-refractivity contribution in [1.82, 2.24) is 4.90 Å². The Kier molecular flexibility index (Phi) is 5.45. The van der Waals surface area contributed by atoms with Crippen LogP contribution in [0.2, 0.25) is 0 Å². The van der Waals surface area contributed by atoms with Gasteiger partial charge in [-0.1, -0.05) is 30.3 Å². The van der Waals surface area contributed by atoms with Gasteiger partial charge in [-0.25, -0.2) is 0 Å². The maximum Gasteiger partial charge on any atom is 0.254 e. The number of hydrogen-bond donors (Lipinski definition) is 0. The Bertz CT molecular complexity index is 990. The molecular formula is C23H23NO4S. The van der Waals surface area contributed by atoms with Crippen LogP contribution in [0, 0.1) is 0 Å². The second kappa shape index (κ2) is 8.17. The van der Waals surface area contributed by atoms with Gasteiger partial charge < -0.3 is 19.1 Å². The van der Waals surface area contributed by atoms with Crippen molar-refractivity contribution in [3.05, 3.63) is 75.5 Å². The highest BCUT2D eigenvalue weighted by Gasteiger charge is 2.34. The molecule has 0 aliphatic carbocycles. The van der Waals surface area contributed by atoms with Gasteiger partial charge >= 0.3 is 0 Å². The molecule has 0 bridgehead atoms. The van der Waals surface area contributed by atoms with Gasteiger partial charge in [-0.05, 0) is 41.1 Å². The molecule has 6 heteroatoms. The van der Waals surface area contributed by atoms with Gasteiger partial charge in [0.2, 0.25) is 5.75 Å². The lowest BCUT2D eigenvalue weighted by molar-refractivity contribution is 0.0695. The van der Waals surface area contributed by atoms with E-state index in [-0.39, 0.29) is 11.9 Å². The standard InChI is InChI=1S/C23H23NO4S/c1-26-18-13-16(14-19(27-2)22(18)28-3)23(25)24-11-9-20-17(10-12-29-20)21(24)15-7-5-4-6-8-15/h4-8,10,12-14,21H,9,11H2,1-3H3/t21-/m1/s1. The second-order valence-electron chi connectivity index (χ2n) is 6.77. The first kappa shape index (κ1) is 19.3. The molecule has 5 nitrogen and oxygen atoms in total. The van der Waals surface area contributed by atoms with Crippen LogP contribution in [0.5, 0.6) is 17.2 Å². The number of nitrogens with zero attached hydrogens (tertiary/aromatic N) is 1. The third-order valence-electron chi connectivity index (χ3n) is 5.25. The molecule has 150 valence electrons. The molecule has 3 aromatic rings. The van der Waals surface area contributed by atoms with Crippen molar-refractivity contribution in [2.45, 2.75) is 12.5 Å². The number of benzene rings is 2. The summed E-state index contributed by atoms with van der Waals surface area (Å²) in [4.78, 5) is 16.9. The Morgan fingerprint density at radius 2 is 1.69 bits per heavy atom. The average Bonchev–Trinajstić information content (AvgIpc) is 3.26. The van der Waals surface area contributed by atoms with Crippen LogP contribution in [-0.4, -0.2) is 38.7 Å². The number of ether oxygens (including phenoxy) is 3. The molecule has 0 spiro atoms. The summed E-state index contributed by atoms with van der Waals surface area (Å²) < 4.78 is 16.3. The zero-order valence-electron chi connectivity index (χ0n) is 16.7. The number of hydrogen-bond acceptors (Lipinski definition) is 5. The minimum atomic E-state index is -0.113. The molecule has 0 saturated heterocycles. The lowest BCUT2D eigenvalue weighted by Crippen LogP contribution is -2.40. The minimum Gasteiger partial charge on any atom is -0.493 e. The maximum absolute atomic E-state index is 13.6. The molecule has 2 heterocycles. The van der Waals surface area contributed by atoms with Crippen LogP contribution in [0.3, 0.4) is 0 Å². The fourth-order valence-electron chi connectivity index (χ4n) is 3.90. The van der Waals surface area contributed by atoms with Gasteiger partial charge in [0.05, 0.1) is 27.4 Å². The average molecular weight is 410 g/mol. The van der Waals surface area contributed by atoms with E-state index in [4.69, 9.17) is 14.2 Å². The fraction of sp³-hybridized carbons (Fsp3) is 0.261. The number of amides is 1. The summed E-state index contributed by atoms with van der Waals surface area (Å²) in [6.07, 6.45) is 0.854. The third-order valence-corrected chi connectivity index (χ3v) is 6.25. The van der Waals surface area contributed by atoms with E-state index >= 15 is 0 Å². The molecule has 2 aromatic carbocycles. The number of rotatable bonds is 5. The van der Waals surface area contributed by atoms with Gasteiger partial charge in [-0.2, -0.15) is 0 Å². The van der Waals surface area contributed by atoms with E-state index in [0.717, 1.165) is 12.0 Å². The van der Waals surface area contributed by atoms with Crippen molar-refractivity contribution in [1.29, 1.82) is 0 Å². The monoisotopic (exact) mass is 409 g/mol. The number of methoxy groups -OCH3 is 3. The Morgan fingerprint density at radius 3 is 2.31 bits per heavy atom. The van der Waals surface area contributed by atoms with Gasteiger partial charge in [-0.3, -0.25) is 4.79 Å². The predicted molar refractivity (Wildman–Crippen MR) is 113 cm³/mol. The maximum atomic E-state index is 13.6. The Morgan fingerprint density at radius 1 is 1.00 bits per heavy atom. The molecule has 1 amide bonds. The first-order valence-electron chi connectivity index (χ1n) is 9.40. The van der Waals surface area contributed by atoms with Crippen LogP contribution in [0.25, 0.3) is 0 Å². The van der Waals surface area contributed by atoms with Gasteiger partial charge in [0.25, 0.3) is 5.91 Å². The summed E-state index contributed by atoms with van der Waals surface area (Å²) in [6, 6.07) is 15.6. The Balaban J connectivity index is 1.78. The molecule has 1 aliphatic heterocycles. The van der Waals surface area contributed by atoms with Crippen molar-refractivity contribution in [2.24, 2.45) is 0 Å². The number of carbonyl (C=O) groups is 1. The van der Waals surface area contributed by atoms with Gasteiger partial charge in [0, 0.05) is 17.0 Å². The van der Waals surface area contributed by atoms with E-state index in [1.807, 2.05) is 23.1 Å². The lowest BCUT2D eigenvalue weighted by Gasteiger charge is -2.36. The zero-order chi connectivity index (χ0) is 20.4. The molecule has 1 aliphatic rings. The highest BCUT2D eigenvalue weighted by molar-refractivity contribution is 7.10. The summed E-state index contributed by atoms with van der Waals surface area (Å²) in [6.45, 7) is 0.655. The molecule has 4 rings (SSSR count). The van der Waals surface area contributed by atoms with E-state index in [1.54, 1.807) is 44.8 Å². The third kappa shape index (κ3) is 3.44. The van der Waals surface area contributed by atoms with E-state index in [1.165, 1.54) is 10.4 Å². The summed E-state index contributed by atoms with van der Waals surface area (Å²) >= 11 is 1.76. The van der Waals surface area contributed by atoms with Crippen LogP contribution in [0.4, 0.5) is 0 Å². The first-order valence-corrected chi connectivity index (χ1v) is 10.3. The highest BCUT2D eigenvalue weighted by atomic mass is 32.1. The van der Waals surface area contributed by atoms with Crippen LogP contribution in [0.15, 0.2) is 53.9 Å². The minimum absolute atomic E-state index is 0.0602. The van der Waals surface area contributed by atoms with Crippen molar-refractivity contribution < 1.29 is 19.0 Å². The van der Waals surface area contributed by atoms with Crippen LogP contribution >= 0.6 is 11.3 Å². The quantitative estimate of drug-likeness (QED) is 0.620. The normalized spacial score (nSPS) is 15.6. The second-order valence-corrected chi connectivity index (χ2v) is 7.78. The summed E-state index contributed by atoms with van der Waals surface area (Å²) in [5.41, 5.74) is 2.82. The first-order chi connectivity index (χ1) is 14.2. The summed E-state index contributed by atoms with van der Waals surface area (Å²) in [7, 11) is 4.66. The summed E-state index contributed by atoms with van der Waals surface area (Å²) in [5, 5.41) is 2.11. The topological polar surface area (TPSA) is 48.0 Å². The molecule has 0 saturated carbocycles. The highest BCUT2D eigenvalue weighted by Crippen LogP contribution is 2.41. The lowest BCUT2D eigenvalue weighted by atomic mass is 9.92. The molecule has 29 heavy (non-hydrogen) atoms. The van der Waals surface area contributed by atoms with Crippen molar-refractivity contribution in [3.8, 4) is 17.2 Å². The van der Waals surface area contributed by atoms with Crippen molar-refractivity contribution >= 4 is 17.2 Å². The van der Waals surface area contributed by atoms with Crippen LogP contribution in [-0.2, 0) is 6.42 Å². The Hall–Kier alpha value is -2.99. The SMILES string of the molecule is COc1cc(C(=O)N2CCc3sccc3[C@H]2c2ccccc2)cc(OC)c1OC. The van der Waals surface area contributed by atoms with Crippen molar-refractivity contribution in [3.63, 3.8) is 0 Å². The molecule has 0 unspecified atom stereocenters. The predicted octanol–water partition coefficient (Wildman–Crippen LogP) is 4.56. The van der Waals surface area contributed by atoms with Gasteiger partial charge in [-0.15, -0.1) is 11.3 Å². The smallest absolute Gasteiger partial charge is 0.254 e. The van der Waals surface area contributed by atoms with E-state index in [9.17, 15) is 4.79 Å². The Labute approximate surface area is 174 Å². The van der Waals surface area contributed by atoms with Gasteiger partial charge in [0.15, 0.2) is 11.5 Å². The van der Waals surface area contributed by atoms with Crippen LogP contribution in [0.1, 0.15) is 32.4 Å². The summed E-state index contributed by atoms with van der Waals surface area (Å²) in [5.74, 6) is 1.36. The molecular weight excluding hydrogens is 386 g/mol. The number of carbonyl (C=O) groups excluding carboxylic acids is 1. The van der Waals surface area contributed by atoms with E-state index in [2.05, 4.69) is 23.6 Å². The molecule has 0 radical (unpaired) electrons. The van der Waals surface area contributed by atoms with Crippen LogP contribution < -0.4 is 14.2 Å². The fourth-order valence-corrected chi connectivity index (χ4v) is 4.80. The van der Waals surface area contributed by atoms with E-state index < -0.39 is 0 Å². The largest absolute Gasteiger partial charge is 0.493 e. The zero-order valence-corrected chi connectivity index (χ0v) is 17.5. The van der Waals surface area contributed by atoms with Gasteiger partial charge in [0.1, 0.15) is 0 Å². The molecule has 0 N–H and O–H groups in total. The number of fused-ring (bicyclic) bond motifs is 1. The molecule has 0 fully saturated rings. The number of thiophene rings is 1. The van der Waals surface area contributed by atoms with Crippen molar-refractivity contribution in [2.75, 3.05) is 27.9 Å². The molecule has 1 aromatic heterocycles. The van der Waals surface area contributed by atoms with E-state index in [0.29, 0.717) is 29.4 Å². The molecule has 1 atom stereocenters.